The molecule has 1 atom stereocenters. The van der Waals surface area contributed by atoms with Crippen LogP contribution in [0.15, 0.2) is 18.5 Å². The highest BCUT2D eigenvalue weighted by atomic mass is 16.4. The van der Waals surface area contributed by atoms with Gasteiger partial charge in [0.1, 0.15) is 6.04 Å². The van der Waals surface area contributed by atoms with Crippen LogP contribution in [-0.2, 0) is 11.3 Å². The summed E-state index contributed by atoms with van der Waals surface area (Å²) in [7, 11) is 0. The number of carboxylic acids is 1. The second-order valence-electron chi connectivity index (χ2n) is 2.78. The fourth-order valence-corrected chi connectivity index (χ4v) is 0.916. The summed E-state index contributed by atoms with van der Waals surface area (Å²) in [6.45, 7) is 2.91. The van der Waals surface area contributed by atoms with Crippen molar-refractivity contribution in [1.82, 2.24) is 15.1 Å². The summed E-state index contributed by atoms with van der Waals surface area (Å²) in [4.78, 5) is 10.4. The number of aliphatic carboxylic acids is 1. The zero-order valence-electron chi connectivity index (χ0n) is 7.47. The van der Waals surface area contributed by atoms with E-state index in [4.69, 9.17) is 5.11 Å². The number of nitrogens with zero attached hydrogens (tertiary/aromatic N) is 2. The van der Waals surface area contributed by atoms with E-state index in [1.54, 1.807) is 17.8 Å². The largest absolute Gasteiger partial charge is 0.480 e. The second kappa shape index (κ2) is 4.61. The van der Waals surface area contributed by atoms with Crippen molar-refractivity contribution in [1.29, 1.82) is 0 Å². The lowest BCUT2D eigenvalue weighted by atomic mass is 10.3. The van der Waals surface area contributed by atoms with E-state index in [1.807, 2.05) is 12.3 Å². The van der Waals surface area contributed by atoms with E-state index in [9.17, 15) is 4.79 Å². The molecular weight excluding hydrogens is 170 g/mol. The first-order chi connectivity index (χ1) is 6.20. The summed E-state index contributed by atoms with van der Waals surface area (Å²) in [5.41, 5.74) is 0. The summed E-state index contributed by atoms with van der Waals surface area (Å²) in [5.74, 6) is -0.833. The van der Waals surface area contributed by atoms with Gasteiger partial charge in [0.05, 0.1) is 6.54 Å². The van der Waals surface area contributed by atoms with Gasteiger partial charge in [-0.05, 0) is 13.0 Å². The minimum Gasteiger partial charge on any atom is -0.480 e. The SMILES string of the molecule is CC(NCCn1cccn1)C(=O)O. The molecule has 0 saturated carbocycles. The average molecular weight is 183 g/mol. The molecule has 5 heteroatoms. The maximum absolute atomic E-state index is 10.4. The molecule has 1 aromatic rings. The lowest BCUT2D eigenvalue weighted by Gasteiger charge is -2.08. The lowest BCUT2D eigenvalue weighted by molar-refractivity contribution is -0.139. The van der Waals surface area contributed by atoms with Crippen molar-refractivity contribution in [2.45, 2.75) is 19.5 Å². The highest BCUT2D eigenvalue weighted by Gasteiger charge is 2.08. The normalized spacial score (nSPS) is 12.7. The van der Waals surface area contributed by atoms with Crippen LogP contribution in [0.2, 0.25) is 0 Å². The van der Waals surface area contributed by atoms with Crippen LogP contribution >= 0.6 is 0 Å². The van der Waals surface area contributed by atoms with Gasteiger partial charge in [-0.15, -0.1) is 0 Å². The molecule has 0 spiro atoms. The van der Waals surface area contributed by atoms with E-state index in [-0.39, 0.29) is 0 Å². The molecule has 0 bridgehead atoms. The molecule has 0 aliphatic rings. The molecule has 72 valence electrons. The van der Waals surface area contributed by atoms with E-state index < -0.39 is 12.0 Å². The van der Waals surface area contributed by atoms with Crippen LogP contribution < -0.4 is 5.32 Å². The molecule has 5 nitrogen and oxygen atoms in total. The molecule has 0 radical (unpaired) electrons. The van der Waals surface area contributed by atoms with Gasteiger partial charge in [0, 0.05) is 18.9 Å². The van der Waals surface area contributed by atoms with Gasteiger partial charge in [-0.25, -0.2) is 0 Å². The summed E-state index contributed by atoms with van der Waals surface area (Å²) >= 11 is 0. The van der Waals surface area contributed by atoms with Gasteiger partial charge < -0.3 is 10.4 Å². The van der Waals surface area contributed by atoms with E-state index >= 15 is 0 Å². The third-order valence-electron chi connectivity index (χ3n) is 1.72. The molecule has 0 saturated heterocycles. The second-order valence-corrected chi connectivity index (χ2v) is 2.78. The Bertz CT molecular complexity index is 258. The van der Waals surface area contributed by atoms with Crippen LogP contribution in [0.5, 0.6) is 0 Å². The fraction of sp³-hybridized carbons (Fsp3) is 0.500. The predicted octanol–water partition coefficient (Wildman–Crippen LogP) is -0.0542. The average Bonchev–Trinajstić information content (AvgIpc) is 2.56. The van der Waals surface area contributed by atoms with Crippen LogP contribution in [0.4, 0.5) is 0 Å². The van der Waals surface area contributed by atoms with Crippen molar-refractivity contribution in [3.8, 4) is 0 Å². The first kappa shape index (κ1) is 9.73. The van der Waals surface area contributed by atoms with Crippen LogP contribution in [0.25, 0.3) is 0 Å². The lowest BCUT2D eigenvalue weighted by Crippen LogP contribution is -2.35. The molecule has 1 rings (SSSR count). The van der Waals surface area contributed by atoms with Gasteiger partial charge in [-0.2, -0.15) is 5.10 Å². The van der Waals surface area contributed by atoms with E-state index in [1.165, 1.54) is 0 Å². The monoisotopic (exact) mass is 183 g/mol. The number of hydrogen-bond donors (Lipinski definition) is 2. The Labute approximate surface area is 76.4 Å². The Morgan fingerprint density at radius 3 is 3.08 bits per heavy atom. The van der Waals surface area contributed by atoms with E-state index in [0.29, 0.717) is 13.1 Å². The zero-order valence-corrected chi connectivity index (χ0v) is 7.47. The minimum atomic E-state index is -0.833. The summed E-state index contributed by atoms with van der Waals surface area (Å²) < 4.78 is 1.75. The van der Waals surface area contributed by atoms with Crippen LogP contribution in [0, 0.1) is 0 Å². The van der Waals surface area contributed by atoms with Crippen LogP contribution in [0.1, 0.15) is 6.92 Å². The number of rotatable bonds is 5. The molecule has 1 aromatic heterocycles. The topological polar surface area (TPSA) is 67.2 Å². The van der Waals surface area contributed by atoms with Crippen LogP contribution in [0.3, 0.4) is 0 Å². The van der Waals surface area contributed by atoms with E-state index in [0.717, 1.165) is 0 Å². The quantitative estimate of drug-likeness (QED) is 0.671. The third-order valence-corrected chi connectivity index (χ3v) is 1.72. The van der Waals surface area contributed by atoms with Gasteiger partial charge >= 0.3 is 5.97 Å². The summed E-state index contributed by atoms with van der Waals surface area (Å²) in [6.07, 6.45) is 3.54. The molecule has 2 N–H and O–H groups in total. The number of nitrogens with one attached hydrogen (secondary N) is 1. The first-order valence-corrected chi connectivity index (χ1v) is 4.14. The summed E-state index contributed by atoms with van der Waals surface area (Å²) in [5, 5.41) is 15.4. The maximum Gasteiger partial charge on any atom is 0.320 e. The van der Waals surface area contributed by atoms with Crippen molar-refractivity contribution in [3.63, 3.8) is 0 Å². The summed E-state index contributed by atoms with van der Waals surface area (Å²) in [6, 6.07) is 1.33. The Kier molecular flexibility index (Phi) is 3.45. The van der Waals surface area contributed by atoms with Gasteiger partial charge in [0.25, 0.3) is 0 Å². The molecule has 0 aliphatic heterocycles. The van der Waals surface area contributed by atoms with Crippen molar-refractivity contribution in [2.75, 3.05) is 6.54 Å². The maximum atomic E-state index is 10.4. The highest BCUT2D eigenvalue weighted by Crippen LogP contribution is 1.84. The Balaban J connectivity index is 2.18. The Morgan fingerprint density at radius 1 is 1.77 bits per heavy atom. The highest BCUT2D eigenvalue weighted by molar-refractivity contribution is 5.72. The van der Waals surface area contributed by atoms with Crippen molar-refractivity contribution >= 4 is 5.97 Å². The van der Waals surface area contributed by atoms with Crippen molar-refractivity contribution < 1.29 is 9.90 Å². The molecule has 13 heavy (non-hydrogen) atoms. The molecule has 1 heterocycles. The standard InChI is InChI=1S/C8H13N3O2/c1-7(8(12)13)9-4-6-11-5-2-3-10-11/h2-3,5,7,9H,4,6H2,1H3,(H,12,13). The van der Waals surface area contributed by atoms with Gasteiger partial charge in [0.2, 0.25) is 0 Å². The van der Waals surface area contributed by atoms with Gasteiger partial charge in [-0.1, -0.05) is 0 Å². The molecule has 0 aliphatic carbocycles. The molecule has 0 amide bonds. The van der Waals surface area contributed by atoms with Gasteiger partial charge in [-0.3, -0.25) is 9.48 Å². The fourth-order valence-electron chi connectivity index (χ4n) is 0.916. The number of aromatic nitrogens is 2. The number of carbonyl (C=O) groups is 1. The number of hydrogen-bond acceptors (Lipinski definition) is 3. The molecule has 0 aromatic carbocycles. The van der Waals surface area contributed by atoms with Crippen LogP contribution in [-0.4, -0.2) is 33.4 Å². The molecular formula is C8H13N3O2. The smallest absolute Gasteiger partial charge is 0.320 e. The molecule has 1 unspecified atom stereocenters. The number of carboxylic acid groups (broad SMARTS) is 1. The van der Waals surface area contributed by atoms with E-state index in [2.05, 4.69) is 10.4 Å². The van der Waals surface area contributed by atoms with Gasteiger partial charge in [0.15, 0.2) is 0 Å². The third kappa shape index (κ3) is 3.25. The molecule has 0 fully saturated rings. The minimum absolute atomic E-state index is 0.504. The first-order valence-electron chi connectivity index (χ1n) is 4.14. The predicted molar refractivity (Wildman–Crippen MR) is 47.3 cm³/mol. The van der Waals surface area contributed by atoms with Crippen molar-refractivity contribution in [2.24, 2.45) is 0 Å². The van der Waals surface area contributed by atoms with Crippen molar-refractivity contribution in [3.05, 3.63) is 18.5 Å². The zero-order chi connectivity index (χ0) is 9.68. The Hall–Kier alpha value is -1.36. The Morgan fingerprint density at radius 2 is 2.54 bits per heavy atom.